The minimum Gasteiger partial charge on any atom is -0.352 e. The number of carbonyl (C=O) groups excluding carboxylic acids is 1. The normalized spacial score (nSPS) is 16.1. The molecule has 1 N–H and O–H groups in total. The van der Waals surface area contributed by atoms with E-state index in [2.05, 4.69) is 5.32 Å². The predicted octanol–water partition coefficient (Wildman–Crippen LogP) is 3.76. The van der Waals surface area contributed by atoms with Gasteiger partial charge < -0.3 is 5.32 Å². The average molecular weight is 421 g/mol. The van der Waals surface area contributed by atoms with Gasteiger partial charge in [0, 0.05) is 31.1 Å². The van der Waals surface area contributed by atoms with Crippen molar-refractivity contribution in [3.05, 3.63) is 64.7 Å². The summed E-state index contributed by atoms with van der Waals surface area (Å²) < 4.78 is 26.9. The summed E-state index contributed by atoms with van der Waals surface area (Å²) in [6.07, 6.45) is 1.80. The minimum atomic E-state index is -3.51. The van der Waals surface area contributed by atoms with Crippen LogP contribution in [0.15, 0.2) is 53.4 Å². The van der Waals surface area contributed by atoms with Gasteiger partial charge in [-0.2, -0.15) is 4.31 Å². The number of nitrogens with zero attached hydrogens (tertiary/aromatic N) is 1. The van der Waals surface area contributed by atoms with Gasteiger partial charge in [-0.05, 0) is 61.1 Å². The smallest absolute Gasteiger partial charge is 0.243 e. The van der Waals surface area contributed by atoms with Crippen molar-refractivity contribution >= 4 is 27.5 Å². The Balaban J connectivity index is 1.49. The molecule has 0 bridgehead atoms. The SMILES string of the molecule is Cc1ccccc1CNC(=O)CC1CCN(S(=O)(=O)c2ccc(Cl)cc2)CC1. The van der Waals surface area contributed by atoms with E-state index < -0.39 is 10.0 Å². The summed E-state index contributed by atoms with van der Waals surface area (Å²) in [5.41, 5.74) is 2.27. The van der Waals surface area contributed by atoms with Crippen LogP contribution in [0.3, 0.4) is 0 Å². The molecule has 2 aromatic carbocycles. The number of nitrogens with one attached hydrogen (secondary N) is 1. The molecule has 3 rings (SSSR count). The van der Waals surface area contributed by atoms with Gasteiger partial charge in [0.05, 0.1) is 4.90 Å². The Hall–Kier alpha value is -1.89. The molecule has 7 heteroatoms. The van der Waals surface area contributed by atoms with Crippen molar-refractivity contribution in [2.45, 2.75) is 37.6 Å². The van der Waals surface area contributed by atoms with E-state index in [1.165, 1.54) is 16.4 Å². The fraction of sp³-hybridized carbons (Fsp3) is 0.381. The van der Waals surface area contributed by atoms with Crippen LogP contribution < -0.4 is 5.32 Å². The largest absolute Gasteiger partial charge is 0.352 e. The summed E-state index contributed by atoms with van der Waals surface area (Å²) in [7, 11) is -3.51. The van der Waals surface area contributed by atoms with Crippen LogP contribution >= 0.6 is 11.6 Å². The van der Waals surface area contributed by atoms with Gasteiger partial charge in [0.2, 0.25) is 15.9 Å². The van der Waals surface area contributed by atoms with Crippen molar-refractivity contribution in [2.24, 2.45) is 5.92 Å². The van der Waals surface area contributed by atoms with Crippen LogP contribution in [0, 0.1) is 12.8 Å². The zero-order valence-corrected chi connectivity index (χ0v) is 17.5. The molecule has 2 aromatic rings. The lowest BCUT2D eigenvalue weighted by Crippen LogP contribution is -2.39. The van der Waals surface area contributed by atoms with E-state index in [1.807, 2.05) is 31.2 Å². The first kappa shape index (κ1) is 20.8. The van der Waals surface area contributed by atoms with Crippen molar-refractivity contribution < 1.29 is 13.2 Å². The molecule has 1 fully saturated rings. The van der Waals surface area contributed by atoms with Crippen LogP contribution in [0.25, 0.3) is 0 Å². The molecule has 0 unspecified atom stereocenters. The van der Waals surface area contributed by atoms with E-state index in [4.69, 9.17) is 11.6 Å². The third kappa shape index (κ3) is 5.13. The molecule has 1 amide bonds. The van der Waals surface area contributed by atoms with Crippen molar-refractivity contribution in [1.29, 1.82) is 0 Å². The fourth-order valence-corrected chi connectivity index (χ4v) is 5.04. The number of sulfonamides is 1. The van der Waals surface area contributed by atoms with Crippen molar-refractivity contribution in [3.8, 4) is 0 Å². The highest BCUT2D eigenvalue weighted by Crippen LogP contribution is 2.26. The molecule has 0 aliphatic carbocycles. The maximum Gasteiger partial charge on any atom is 0.243 e. The molecular formula is C21H25ClN2O3S. The summed E-state index contributed by atoms with van der Waals surface area (Å²) in [5, 5.41) is 3.49. The molecule has 0 atom stereocenters. The summed E-state index contributed by atoms with van der Waals surface area (Å²) in [4.78, 5) is 12.5. The highest BCUT2D eigenvalue weighted by atomic mass is 35.5. The zero-order chi connectivity index (χ0) is 20.1. The molecule has 0 radical (unpaired) electrons. The Kier molecular flexibility index (Phi) is 6.75. The summed E-state index contributed by atoms with van der Waals surface area (Å²) in [6.45, 7) is 3.41. The monoisotopic (exact) mass is 420 g/mol. The van der Waals surface area contributed by atoms with E-state index in [9.17, 15) is 13.2 Å². The Morgan fingerprint density at radius 3 is 2.39 bits per heavy atom. The zero-order valence-electron chi connectivity index (χ0n) is 15.9. The number of rotatable bonds is 6. The quantitative estimate of drug-likeness (QED) is 0.773. The van der Waals surface area contributed by atoms with Gasteiger partial charge in [-0.3, -0.25) is 4.79 Å². The van der Waals surface area contributed by atoms with E-state index >= 15 is 0 Å². The highest BCUT2D eigenvalue weighted by Gasteiger charge is 2.30. The van der Waals surface area contributed by atoms with Crippen molar-refractivity contribution in [3.63, 3.8) is 0 Å². The third-order valence-electron chi connectivity index (χ3n) is 5.24. The van der Waals surface area contributed by atoms with Gasteiger partial charge in [-0.25, -0.2) is 8.42 Å². The Bertz CT molecular complexity index is 921. The number of halogens is 1. The minimum absolute atomic E-state index is 0.0160. The van der Waals surface area contributed by atoms with Gasteiger partial charge in [0.15, 0.2) is 0 Å². The van der Waals surface area contributed by atoms with Gasteiger partial charge in [0.25, 0.3) is 0 Å². The lowest BCUT2D eigenvalue weighted by atomic mass is 9.94. The van der Waals surface area contributed by atoms with E-state index in [-0.39, 0.29) is 16.7 Å². The second-order valence-corrected chi connectivity index (χ2v) is 9.58. The number of hydrogen-bond acceptors (Lipinski definition) is 3. The van der Waals surface area contributed by atoms with Crippen molar-refractivity contribution in [1.82, 2.24) is 9.62 Å². The standard InChI is InChI=1S/C21H25ClN2O3S/c1-16-4-2-3-5-18(16)15-23-21(25)14-17-10-12-24(13-11-17)28(26,27)20-8-6-19(22)7-9-20/h2-9,17H,10-15H2,1H3,(H,23,25). The maximum atomic E-state index is 12.7. The Labute approximate surface area is 171 Å². The predicted molar refractivity (Wildman–Crippen MR) is 111 cm³/mol. The average Bonchev–Trinajstić information content (AvgIpc) is 2.68. The van der Waals surface area contributed by atoms with Crippen molar-refractivity contribution in [2.75, 3.05) is 13.1 Å². The Morgan fingerprint density at radius 1 is 1.11 bits per heavy atom. The number of benzene rings is 2. The van der Waals surface area contributed by atoms with Gasteiger partial charge in [-0.1, -0.05) is 35.9 Å². The number of carbonyl (C=O) groups is 1. The number of piperidine rings is 1. The topological polar surface area (TPSA) is 66.5 Å². The summed E-state index contributed by atoms with van der Waals surface area (Å²) in [6, 6.07) is 14.2. The van der Waals surface area contributed by atoms with E-state index in [1.54, 1.807) is 12.1 Å². The second kappa shape index (κ2) is 9.07. The number of amides is 1. The van der Waals surface area contributed by atoms with Crippen LogP contribution in [0.1, 0.15) is 30.4 Å². The number of hydrogen-bond donors (Lipinski definition) is 1. The van der Waals surface area contributed by atoms with Crippen LogP contribution in [0.2, 0.25) is 5.02 Å². The van der Waals surface area contributed by atoms with Gasteiger partial charge >= 0.3 is 0 Å². The first-order valence-corrected chi connectivity index (χ1v) is 11.2. The van der Waals surface area contributed by atoms with Crippen LogP contribution in [-0.4, -0.2) is 31.7 Å². The summed E-state index contributed by atoms with van der Waals surface area (Å²) >= 11 is 5.84. The lowest BCUT2D eigenvalue weighted by molar-refractivity contribution is -0.122. The third-order valence-corrected chi connectivity index (χ3v) is 7.40. The first-order chi connectivity index (χ1) is 13.4. The van der Waals surface area contributed by atoms with Gasteiger partial charge in [-0.15, -0.1) is 0 Å². The molecule has 0 aromatic heterocycles. The first-order valence-electron chi connectivity index (χ1n) is 9.43. The molecule has 28 heavy (non-hydrogen) atoms. The highest BCUT2D eigenvalue weighted by molar-refractivity contribution is 7.89. The molecular weight excluding hydrogens is 396 g/mol. The van der Waals surface area contributed by atoms with Crippen LogP contribution in [-0.2, 0) is 21.4 Å². The van der Waals surface area contributed by atoms with Crippen LogP contribution in [0.4, 0.5) is 0 Å². The second-order valence-electron chi connectivity index (χ2n) is 7.21. The fourth-order valence-electron chi connectivity index (χ4n) is 3.45. The Morgan fingerprint density at radius 2 is 1.75 bits per heavy atom. The lowest BCUT2D eigenvalue weighted by Gasteiger charge is -2.31. The molecule has 150 valence electrons. The maximum absolute atomic E-state index is 12.7. The molecule has 1 aliphatic heterocycles. The molecule has 1 heterocycles. The van der Waals surface area contributed by atoms with Crippen LogP contribution in [0.5, 0.6) is 0 Å². The molecule has 5 nitrogen and oxygen atoms in total. The molecule has 1 aliphatic rings. The summed E-state index contributed by atoms with van der Waals surface area (Å²) in [5.74, 6) is 0.218. The van der Waals surface area contributed by atoms with E-state index in [0.717, 1.165) is 11.1 Å². The van der Waals surface area contributed by atoms with Gasteiger partial charge in [0.1, 0.15) is 0 Å². The molecule has 0 saturated carbocycles. The molecule has 1 saturated heterocycles. The number of aryl methyl sites for hydroxylation is 1. The van der Waals surface area contributed by atoms with E-state index in [0.29, 0.717) is 43.9 Å². The molecule has 0 spiro atoms.